The minimum atomic E-state index is -2.00. The van der Waals surface area contributed by atoms with Crippen molar-refractivity contribution in [2.75, 3.05) is 70.3 Å². The number of para-hydroxylation sites is 1. The van der Waals surface area contributed by atoms with Gasteiger partial charge in [0.25, 0.3) is 11.8 Å². The molecule has 6 aromatic rings. The van der Waals surface area contributed by atoms with Gasteiger partial charge in [-0.25, -0.2) is 4.79 Å². The molecule has 3 unspecified atom stereocenters. The molecule has 464 valence electrons. The molecule has 5 aromatic carbocycles. The van der Waals surface area contributed by atoms with Crippen LogP contribution in [0.2, 0.25) is 0 Å². The number of nitrogens with zero attached hydrogens (tertiary/aromatic N) is 3. The molecule has 9 rings (SSSR count). The van der Waals surface area contributed by atoms with Gasteiger partial charge in [-0.15, -0.1) is 0 Å². The highest BCUT2D eigenvalue weighted by atomic mass is 32.2. The first-order chi connectivity index (χ1) is 42.3. The zero-order valence-corrected chi connectivity index (χ0v) is 49.9. The van der Waals surface area contributed by atoms with E-state index in [9.17, 15) is 54.0 Å². The van der Waals surface area contributed by atoms with Crippen molar-refractivity contribution in [2.24, 2.45) is 5.73 Å². The van der Waals surface area contributed by atoms with Gasteiger partial charge in [-0.3, -0.25) is 38.7 Å². The van der Waals surface area contributed by atoms with Crippen molar-refractivity contribution in [3.63, 3.8) is 0 Å². The normalized spacial score (nSPS) is 21.0. The third-order valence-electron chi connectivity index (χ3n) is 16.1. The Morgan fingerprint density at radius 1 is 0.761 bits per heavy atom. The second-order valence-electron chi connectivity index (χ2n) is 21.7. The number of hydrogen-bond acceptors (Lipinski definition) is 19. The molecular weight excluding hydrogens is 1160 g/mol. The molecule has 88 heavy (non-hydrogen) atoms. The van der Waals surface area contributed by atoms with Crippen LogP contribution in [0, 0.1) is 0 Å². The number of hydrogen-bond donors (Lipinski definition) is 8. The molecule has 24 nitrogen and oxygen atoms in total. The number of carbonyl (C=O) groups is 7. The van der Waals surface area contributed by atoms with Gasteiger partial charge >= 0.3 is 5.97 Å². The first-order valence-corrected chi connectivity index (χ1v) is 29.6. The number of rotatable bonds is 25. The molecule has 8 atom stereocenters. The Morgan fingerprint density at radius 2 is 1.44 bits per heavy atom. The van der Waals surface area contributed by atoms with Gasteiger partial charge in [0, 0.05) is 73.1 Å². The zero-order chi connectivity index (χ0) is 63.0. The van der Waals surface area contributed by atoms with Gasteiger partial charge in [-0.05, 0) is 84.5 Å². The van der Waals surface area contributed by atoms with Gasteiger partial charge in [-0.1, -0.05) is 30.3 Å². The molecular formula is C63H70N7O17S+. The topological polar surface area (TPSA) is 334 Å². The number of aliphatic carboxylic acids is 1. The number of anilines is 3. The summed E-state index contributed by atoms with van der Waals surface area (Å²) in [5.74, 6) is -3.12. The summed E-state index contributed by atoms with van der Waals surface area (Å²) in [6.45, 7) is 1.82. The van der Waals surface area contributed by atoms with Crippen LogP contribution in [0.3, 0.4) is 0 Å². The predicted molar refractivity (Wildman–Crippen MR) is 323 cm³/mol. The smallest absolute Gasteiger partial charge is 0.335 e. The maximum atomic E-state index is 14.2. The van der Waals surface area contributed by atoms with Crippen molar-refractivity contribution in [2.45, 2.75) is 93.6 Å². The summed E-state index contributed by atoms with van der Waals surface area (Å²) < 4.78 is 34.4. The molecule has 0 bridgehead atoms. The number of carboxylic acids is 1. The fourth-order valence-corrected chi connectivity index (χ4v) is 11.9. The summed E-state index contributed by atoms with van der Waals surface area (Å²) in [5, 5.41) is 50.6. The van der Waals surface area contributed by atoms with E-state index >= 15 is 0 Å². The lowest BCUT2D eigenvalue weighted by atomic mass is 9.94. The number of likely N-dealkylation sites (tertiary alicyclic amines) is 1. The molecule has 3 aliphatic heterocycles. The van der Waals surface area contributed by atoms with Crippen molar-refractivity contribution in [3.05, 3.63) is 137 Å². The number of nitrogens with one attached hydrogen (secondary N) is 3. The van der Waals surface area contributed by atoms with E-state index in [2.05, 4.69) is 20.9 Å². The molecule has 0 radical (unpaired) electrons. The maximum absolute atomic E-state index is 14.2. The summed E-state index contributed by atoms with van der Waals surface area (Å²) in [7, 11) is 6.02. The van der Waals surface area contributed by atoms with Gasteiger partial charge in [0.15, 0.2) is 34.9 Å². The summed E-state index contributed by atoms with van der Waals surface area (Å²) in [4.78, 5) is 98.3. The van der Waals surface area contributed by atoms with Crippen molar-refractivity contribution in [3.8, 4) is 28.7 Å². The Balaban J connectivity index is 0.958. The fraction of sp³-hybridized carbons (Fsp3) is 0.365. The molecule has 9 N–H and O–H groups in total. The highest BCUT2D eigenvalue weighted by Gasteiger charge is 2.49. The van der Waals surface area contributed by atoms with Crippen molar-refractivity contribution >= 4 is 81.0 Å². The second kappa shape index (κ2) is 28.0. The van der Waals surface area contributed by atoms with Crippen LogP contribution in [0.5, 0.6) is 28.7 Å². The number of benzene rings is 5. The number of nitrogens with two attached hydrogens (primary N) is 1. The number of Topliss-reactive ketones (excluding diaryl/α,β-unsaturated/α-hetero) is 1. The number of thioether (sulfide) groups is 1. The van der Waals surface area contributed by atoms with Crippen LogP contribution < -0.4 is 45.4 Å². The number of methoxy groups -OCH3 is 4. The van der Waals surface area contributed by atoms with E-state index in [1.807, 2.05) is 48.5 Å². The molecule has 25 heteroatoms. The number of aliphatic hydroxyl groups is 3. The van der Waals surface area contributed by atoms with E-state index in [4.69, 9.17) is 34.2 Å². The van der Waals surface area contributed by atoms with Crippen LogP contribution in [0.1, 0.15) is 68.7 Å². The number of fused-ring (bicyclic) bond motifs is 2. The Hall–Kier alpha value is -8.69. The van der Waals surface area contributed by atoms with Crippen LogP contribution >= 0.6 is 11.8 Å². The van der Waals surface area contributed by atoms with Crippen LogP contribution in [0.15, 0.2) is 103 Å². The molecule has 5 amide bonds. The number of ether oxygens (including phenoxy) is 6. The molecule has 0 aliphatic carbocycles. The number of carboxylic acid groups (broad SMARTS) is 1. The summed E-state index contributed by atoms with van der Waals surface area (Å²) in [6, 6.07) is 27.1. The zero-order valence-electron chi connectivity index (χ0n) is 49.1. The van der Waals surface area contributed by atoms with Gasteiger partial charge in [0.1, 0.15) is 43.2 Å². The fourth-order valence-electron chi connectivity index (χ4n) is 11.3. The molecule has 0 saturated carbocycles. The first kappa shape index (κ1) is 63.8. The highest BCUT2D eigenvalue weighted by molar-refractivity contribution is 8.00. The Bertz CT molecular complexity index is 3630. The number of aromatic nitrogens is 1. The largest absolute Gasteiger partial charge is 0.493 e. The first-order valence-electron chi connectivity index (χ1n) is 28.3. The average molecular weight is 1230 g/mol. The van der Waals surface area contributed by atoms with Crippen LogP contribution in [0.4, 0.5) is 17.1 Å². The van der Waals surface area contributed by atoms with E-state index in [0.717, 1.165) is 32.5 Å². The highest BCUT2D eigenvalue weighted by Crippen LogP contribution is 2.39. The Labute approximate surface area is 510 Å². The van der Waals surface area contributed by atoms with Gasteiger partial charge in [0.05, 0.1) is 74.8 Å². The third kappa shape index (κ3) is 14.2. The lowest BCUT2D eigenvalue weighted by Crippen LogP contribution is -2.61. The Morgan fingerprint density at radius 3 is 2.12 bits per heavy atom. The average Bonchev–Trinajstić information content (AvgIpc) is 2.88. The minimum Gasteiger partial charge on any atom is -0.493 e. The number of carbonyl (C=O) groups excluding carboxylic acids is 6. The van der Waals surface area contributed by atoms with Gasteiger partial charge < -0.3 is 75.0 Å². The predicted octanol–water partition coefficient (Wildman–Crippen LogP) is 4.86. The third-order valence-corrected chi connectivity index (χ3v) is 17.0. The Kier molecular flexibility index (Phi) is 20.3. The van der Waals surface area contributed by atoms with Crippen molar-refractivity contribution in [1.29, 1.82) is 0 Å². The second-order valence-corrected chi connectivity index (χ2v) is 22.7. The molecule has 2 fully saturated rings. The molecule has 1 aromatic heterocycles. The SMILES string of the molecule is COc1cc2c(cc1OC)C[N+](CCc1ccc(NC(=O)c3cc(OC)c(OC)cc3NC(=O)c3cnc4ccccc4c3)cc1)(Cc1ccc(OC3O[C@H](C(=O)O)[C@@H](O)[C@H](O)[C@H]3O)c(NC(=O)CCCC(=O)[C@H](CN)N3C(=O)CC(SC)C3=O)c1)CC2. The van der Waals surface area contributed by atoms with E-state index in [1.54, 1.807) is 50.8 Å². The van der Waals surface area contributed by atoms with Crippen LogP contribution in [-0.4, -0.2) is 172 Å². The van der Waals surface area contributed by atoms with E-state index in [-0.39, 0.29) is 72.0 Å². The quantitative estimate of drug-likeness (QED) is 0.0280. The van der Waals surface area contributed by atoms with Crippen LogP contribution in [-0.2, 0) is 54.6 Å². The standard InChI is InChI=1S/C63H69N7O17S/c1-82-48-25-36-20-22-70(33-39(36)26-49(48)83-2,21-19-34-13-16-40(17-14-34)66-60(78)41-27-50(84-3)51(85-4)28-43(41)68-59(77)38-24-37-9-6-7-10-42(37)65-31-38)32-35-15-18-47(86-63-57(76)55(74)56(75)58(87-63)62(80)81)44(23-35)67-53(72)12-8-11-46(71)45(30-64)69-54(73)29-52(88-5)61(69)79/h6-7,9-10,13-18,23-28,31,45,52,55-58,63,74-76H,8,11-12,19-22,29-30,32-33,64H2,1-5H3,(H3-,66,67,68,72,77,78,80,81)/p+1/t45-,52?,55-,56-,57+,58-,63?,70?/m0/s1. The van der Waals surface area contributed by atoms with Crippen molar-refractivity contribution < 1.29 is 86.9 Å². The number of imide groups is 1. The molecule has 2 saturated heterocycles. The van der Waals surface area contributed by atoms with E-state index < -0.39 is 83.3 Å². The summed E-state index contributed by atoms with van der Waals surface area (Å²) in [5.41, 5.74) is 11.5. The van der Waals surface area contributed by atoms with Crippen LogP contribution in [0.25, 0.3) is 10.9 Å². The minimum absolute atomic E-state index is 0.000893. The van der Waals surface area contributed by atoms with E-state index in [1.165, 1.54) is 50.4 Å². The number of quaternary nitrogens is 1. The lowest BCUT2D eigenvalue weighted by Gasteiger charge is -2.43. The number of pyridine rings is 1. The maximum Gasteiger partial charge on any atom is 0.335 e. The summed E-state index contributed by atoms with van der Waals surface area (Å²) >= 11 is 1.21. The monoisotopic (exact) mass is 1230 g/mol. The molecule has 4 heterocycles. The van der Waals surface area contributed by atoms with Crippen molar-refractivity contribution in [1.82, 2.24) is 9.88 Å². The number of amides is 5. The summed E-state index contributed by atoms with van der Waals surface area (Å²) in [6.07, 6.45) is -5.83. The van der Waals surface area contributed by atoms with Gasteiger partial charge in [-0.2, -0.15) is 11.8 Å². The number of ketones is 1. The van der Waals surface area contributed by atoms with Gasteiger partial charge in [0.2, 0.25) is 24.0 Å². The lowest BCUT2D eigenvalue weighted by molar-refractivity contribution is -0.955. The number of aliphatic hydroxyl groups excluding tert-OH is 3. The van der Waals surface area contributed by atoms with E-state index in [0.29, 0.717) is 66.3 Å². The molecule has 3 aliphatic rings. The molecule has 0 spiro atoms.